The van der Waals surface area contributed by atoms with Crippen LogP contribution in [-0.2, 0) is 19.7 Å². The van der Waals surface area contributed by atoms with E-state index in [1.54, 1.807) is 4.90 Å². The second kappa shape index (κ2) is 5.12. The van der Waals surface area contributed by atoms with E-state index >= 15 is 0 Å². The number of piperazine rings is 1. The highest BCUT2D eigenvalue weighted by molar-refractivity contribution is 7.86. The van der Waals surface area contributed by atoms with Crippen molar-refractivity contribution >= 4 is 16.1 Å². The van der Waals surface area contributed by atoms with Crippen molar-refractivity contribution in [2.24, 2.45) is 11.1 Å². The Balaban J connectivity index is 1.88. The summed E-state index contributed by atoms with van der Waals surface area (Å²) in [4.78, 5) is 13.9. The van der Waals surface area contributed by atoms with E-state index in [0.717, 1.165) is 6.42 Å². The van der Waals surface area contributed by atoms with Gasteiger partial charge in [0, 0.05) is 26.2 Å². The lowest BCUT2D eigenvalue weighted by molar-refractivity contribution is -0.136. The van der Waals surface area contributed by atoms with Crippen molar-refractivity contribution in [1.82, 2.24) is 9.21 Å². The first-order valence-electron chi connectivity index (χ1n) is 6.06. The van der Waals surface area contributed by atoms with Gasteiger partial charge >= 0.3 is 0 Å². The first-order valence-corrected chi connectivity index (χ1v) is 7.56. The van der Waals surface area contributed by atoms with E-state index in [0.29, 0.717) is 19.7 Å². The van der Waals surface area contributed by atoms with Gasteiger partial charge < -0.3 is 9.64 Å². The number of hydrogen-bond donors (Lipinski definition) is 1. The molecule has 7 nitrogen and oxygen atoms in total. The number of rotatable bonds is 2. The van der Waals surface area contributed by atoms with Gasteiger partial charge in [0.1, 0.15) is 0 Å². The average molecular weight is 277 g/mol. The van der Waals surface area contributed by atoms with Crippen LogP contribution >= 0.6 is 0 Å². The lowest BCUT2D eigenvalue weighted by Gasteiger charge is -2.34. The van der Waals surface area contributed by atoms with Crippen LogP contribution in [0, 0.1) is 5.92 Å². The number of amides is 1. The smallest absolute Gasteiger partial charge is 0.277 e. The third kappa shape index (κ3) is 3.00. The van der Waals surface area contributed by atoms with Gasteiger partial charge in [0.2, 0.25) is 5.91 Å². The summed E-state index contributed by atoms with van der Waals surface area (Å²) in [5.74, 6) is -0.0190. The van der Waals surface area contributed by atoms with Crippen LogP contribution in [0.2, 0.25) is 0 Å². The summed E-state index contributed by atoms with van der Waals surface area (Å²) in [6.07, 6.45) is 0.874. The fourth-order valence-corrected chi connectivity index (χ4v) is 3.08. The normalized spacial score (nSPS) is 30.7. The molecule has 8 heteroatoms. The monoisotopic (exact) mass is 277 g/mol. The lowest BCUT2D eigenvalue weighted by Crippen LogP contribution is -2.53. The standard InChI is InChI=1S/C10H19N3O4S/c1-8-6-9(7-17-8)10(14)12-2-4-13(5-3-12)18(11,15)16/h8-9H,2-7H2,1H3,(H2,11,15,16). The highest BCUT2D eigenvalue weighted by Crippen LogP contribution is 2.22. The second-order valence-corrected chi connectivity index (χ2v) is 6.39. The first-order chi connectivity index (χ1) is 8.38. The van der Waals surface area contributed by atoms with E-state index in [1.807, 2.05) is 6.92 Å². The topological polar surface area (TPSA) is 92.9 Å². The fourth-order valence-electron chi connectivity index (χ4n) is 2.41. The van der Waals surface area contributed by atoms with Gasteiger partial charge in [0.25, 0.3) is 10.2 Å². The Bertz CT molecular complexity index is 417. The molecule has 2 aliphatic heterocycles. The van der Waals surface area contributed by atoms with Gasteiger partial charge in [-0.2, -0.15) is 12.7 Å². The molecule has 0 radical (unpaired) electrons. The van der Waals surface area contributed by atoms with E-state index in [1.165, 1.54) is 4.31 Å². The highest BCUT2D eigenvalue weighted by atomic mass is 32.2. The molecular formula is C10H19N3O4S. The van der Waals surface area contributed by atoms with Crippen LogP contribution in [0.1, 0.15) is 13.3 Å². The molecule has 0 bridgehead atoms. The minimum Gasteiger partial charge on any atom is -0.378 e. The molecule has 2 saturated heterocycles. The quantitative estimate of drug-likeness (QED) is 0.683. The molecule has 2 heterocycles. The van der Waals surface area contributed by atoms with Gasteiger partial charge in [0.15, 0.2) is 0 Å². The fraction of sp³-hybridized carbons (Fsp3) is 0.900. The predicted molar refractivity (Wildman–Crippen MR) is 64.8 cm³/mol. The van der Waals surface area contributed by atoms with Crippen molar-refractivity contribution in [2.45, 2.75) is 19.4 Å². The SMILES string of the molecule is CC1CC(C(=O)N2CCN(S(N)(=O)=O)CC2)CO1. The molecule has 2 aliphatic rings. The molecule has 2 unspecified atom stereocenters. The molecule has 0 aliphatic carbocycles. The molecule has 2 N–H and O–H groups in total. The van der Waals surface area contributed by atoms with E-state index in [4.69, 9.17) is 9.88 Å². The minimum absolute atomic E-state index is 0.0634. The molecule has 0 aromatic rings. The van der Waals surface area contributed by atoms with Gasteiger partial charge in [-0.1, -0.05) is 0 Å². The Hall–Kier alpha value is -0.700. The summed E-state index contributed by atoms with van der Waals surface area (Å²) >= 11 is 0. The van der Waals surface area contributed by atoms with Gasteiger partial charge in [-0.25, -0.2) is 5.14 Å². The Morgan fingerprint density at radius 2 is 1.89 bits per heavy atom. The number of carbonyl (C=O) groups excluding carboxylic acids is 1. The molecule has 0 saturated carbocycles. The molecule has 2 rings (SSSR count). The number of hydrogen-bond acceptors (Lipinski definition) is 4. The highest BCUT2D eigenvalue weighted by Gasteiger charge is 2.34. The van der Waals surface area contributed by atoms with Crippen LogP contribution < -0.4 is 5.14 Å². The van der Waals surface area contributed by atoms with Crippen LogP contribution in [0.15, 0.2) is 0 Å². The van der Waals surface area contributed by atoms with E-state index in [2.05, 4.69) is 0 Å². The summed E-state index contributed by atoms with van der Waals surface area (Å²) in [5, 5.41) is 5.05. The van der Waals surface area contributed by atoms with Gasteiger partial charge in [0.05, 0.1) is 18.6 Å². The second-order valence-electron chi connectivity index (χ2n) is 4.85. The van der Waals surface area contributed by atoms with Gasteiger partial charge in [-0.3, -0.25) is 4.79 Å². The van der Waals surface area contributed by atoms with Crippen molar-refractivity contribution in [3.05, 3.63) is 0 Å². The van der Waals surface area contributed by atoms with E-state index in [9.17, 15) is 13.2 Å². The Morgan fingerprint density at radius 1 is 1.28 bits per heavy atom. The molecule has 0 aromatic heterocycles. The van der Waals surface area contributed by atoms with Crippen molar-refractivity contribution < 1.29 is 17.9 Å². The number of nitrogens with zero attached hydrogens (tertiary/aromatic N) is 2. The average Bonchev–Trinajstić information content (AvgIpc) is 2.74. The van der Waals surface area contributed by atoms with Crippen LogP contribution in [0.3, 0.4) is 0 Å². The first kappa shape index (κ1) is 13.7. The summed E-state index contributed by atoms with van der Waals surface area (Å²) in [6.45, 7) is 3.77. The molecule has 1 amide bonds. The third-order valence-electron chi connectivity index (χ3n) is 3.46. The Labute approximate surface area is 107 Å². The zero-order valence-corrected chi connectivity index (χ0v) is 11.2. The van der Waals surface area contributed by atoms with Crippen molar-refractivity contribution in [1.29, 1.82) is 0 Å². The third-order valence-corrected chi connectivity index (χ3v) is 4.54. The molecular weight excluding hydrogens is 258 g/mol. The van der Waals surface area contributed by atoms with Crippen molar-refractivity contribution in [2.75, 3.05) is 32.8 Å². The van der Waals surface area contributed by atoms with Crippen LogP contribution in [-0.4, -0.2) is 62.4 Å². The van der Waals surface area contributed by atoms with Crippen LogP contribution in [0.25, 0.3) is 0 Å². The van der Waals surface area contributed by atoms with Gasteiger partial charge in [-0.15, -0.1) is 0 Å². The summed E-state index contributed by atoms with van der Waals surface area (Å²) < 4.78 is 28.9. The summed E-state index contributed by atoms with van der Waals surface area (Å²) in [6, 6.07) is 0. The molecule has 2 atom stereocenters. The largest absolute Gasteiger partial charge is 0.378 e. The van der Waals surface area contributed by atoms with Crippen LogP contribution in [0.4, 0.5) is 0 Å². The molecule has 104 valence electrons. The summed E-state index contributed by atoms with van der Waals surface area (Å²) in [7, 11) is -3.63. The van der Waals surface area contributed by atoms with E-state index in [-0.39, 0.29) is 31.0 Å². The summed E-state index contributed by atoms with van der Waals surface area (Å²) in [5.41, 5.74) is 0. The number of ether oxygens (including phenoxy) is 1. The lowest BCUT2D eigenvalue weighted by atomic mass is 10.0. The molecule has 0 aromatic carbocycles. The predicted octanol–water partition coefficient (Wildman–Crippen LogP) is -1.24. The maximum Gasteiger partial charge on any atom is 0.277 e. The maximum atomic E-state index is 12.1. The molecule has 0 spiro atoms. The molecule has 2 fully saturated rings. The zero-order chi connectivity index (χ0) is 13.3. The Morgan fingerprint density at radius 3 is 2.33 bits per heavy atom. The number of carbonyl (C=O) groups is 1. The zero-order valence-electron chi connectivity index (χ0n) is 10.4. The minimum atomic E-state index is -3.63. The van der Waals surface area contributed by atoms with Crippen molar-refractivity contribution in [3.8, 4) is 0 Å². The van der Waals surface area contributed by atoms with Crippen molar-refractivity contribution in [3.63, 3.8) is 0 Å². The molecule has 18 heavy (non-hydrogen) atoms. The number of nitrogens with two attached hydrogens (primary N) is 1. The van der Waals surface area contributed by atoms with Crippen LogP contribution in [0.5, 0.6) is 0 Å². The Kier molecular flexibility index (Phi) is 3.90. The van der Waals surface area contributed by atoms with E-state index < -0.39 is 10.2 Å². The van der Waals surface area contributed by atoms with Gasteiger partial charge in [-0.05, 0) is 13.3 Å². The maximum absolute atomic E-state index is 12.1.